The smallest absolute Gasteiger partial charge is 0.329 e. The van der Waals surface area contributed by atoms with Crippen LogP contribution in [0.25, 0.3) is 0 Å². The molecule has 2 aromatic rings. The Hall–Kier alpha value is -6.42. The molecule has 0 spiro atoms. The molecular formula is C55H79N7O14. The number of phenolic OH excluding ortho intramolecular Hbond substituents is 1. The number of methoxy groups -OCH3 is 2. The molecule has 418 valence electrons. The fourth-order valence-electron chi connectivity index (χ4n) is 9.83. The maximum absolute atomic E-state index is 15.2. The molecule has 2 aliphatic heterocycles. The van der Waals surface area contributed by atoms with Crippen LogP contribution in [-0.2, 0) is 65.4 Å². The molecular weight excluding hydrogens is 983 g/mol. The van der Waals surface area contributed by atoms with E-state index in [1.165, 1.54) is 50.1 Å². The number of cyclic esters (lactones) is 1. The second-order valence-corrected chi connectivity index (χ2v) is 20.3. The lowest BCUT2D eigenvalue weighted by atomic mass is 9.88. The standard InChI is InChI=1S/C55H79N7O14/c1-9-31(3)45-55(73)76-33(5)46(60-48(66)39(56-51(69)43(30-63)74-7)25-20-34-16-21-37(64)22-17-34)52(70)58-41(28-36-18-23-38(65)24-19-36)49(67)57-40-26-27-44(75-8)62(53(40)71)47(32(4)10-2)54(72)61(6)42(50(68)59-45)29-35-14-12-11-13-15-35/h11-18,21-23,31-33,36,38-47,63-65H,9-10,19-20,24-30H2,1-8H3,(H,56,69)(H,57,67)(H,58,70)(H,59,68)(H,60,66)/t31-,32+,33-,36?,38-,39+,40-,41-,42-,43-,44+,45-,46-,47+/m0/s1. The number of piperidine rings is 1. The van der Waals surface area contributed by atoms with E-state index in [1.54, 1.807) is 68.5 Å². The third-order valence-corrected chi connectivity index (χ3v) is 15.0. The minimum absolute atomic E-state index is 0.000158. The highest BCUT2D eigenvalue weighted by atomic mass is 16.5. The van der Waals surface area contributed by atoms with E-state index in [2.05, 4.69) is 26.6 Å². The molecule has 5 rings (SSSR count). The number of aliphatic hydroxyl groups excluding tert-OH is 2. The van der Waals surface area contributed by atoms with Gasteiger partial charge in [-0.3, -0.25) is 33.6 Å². The second kappa shape index (κ2) is 28.6. The van der Waals surface area contributed by atoms with E-state index in [4.69, 9.17) is 14.2 Å². The molecule has 7 amide bonds. The van der Waals surface area contributed by atoms with Crippen molar-refractivity contribution in [1.82, 2.24) is 36.4 Å². The fraction of sp³-hybridized carbons (Fsp3) is 0.600. The molecule has 3 aliphatic rings. The maximum atomic E-state index is 15.2. The third-order valence-electron chi connectivity index (χ3n) is 15.0. The first-order valence-corrected chi connectivity index (χ1v) is 26.4. The number of nitrogens with zero attached hydrogens (tertiary/aromatic N) is 2. The van der Waals surface area contributed by atoms with Crippen molar-refractivity contribution in [3.63, 3.8) is 0 Å². The summed E-state index contributed by atoms with van der Waals surface area (Å²) in [4.78, 5) is 120. The lowest BCUT2D eigenvalue weighted by Crippen LogP contribution is -2.66. The van der Waals surface area contributed by atoms with Gasteiger partial charge in [0.25, 0.3) is 5.91 Å². The van der Waals surface area contributed by atoms with E-state index in [-0.39, 0.29) is 50.2 Å². The molecule has 21 heteroatoms. The number of esters is 1. The van der Waals surface area contributed by atoms with Crippen LogP contribution >= 0.6 is 0 Å². The number of benzene rings is 2. The molecule has 1 aliphatic carbocycles. The normalized spacial score (nSPS) is 27.8. The van der Waals surface area contributed by atoms with Crippen molar-refractivity contribution >= 4 is 47.3 Å². The van der Waals surface area contributed by atoms with Gasteiger partial charge < -0.3 is 65.9 Å². The Balaban J connectivity index is 1.64. The van der Waals surface area contributed by atoms with E-state index in [0.717, 1.165) is 0 Å². The summed E-state index contributed by atoms with van der Waals surface area (Å²) in [6.07, 6.45) is 0.703. The summed E-state index contributed by atoms with van der Waals surface area (Å²) in [5.74, 6) is -7.88. The number of aromatic hydroxyl groups is 1. The number of rotatable bonds is 18. The van der Waals surface area contributed by atoms with Gasteiger partial charge in [-0.05, 0) is 92.9 Å². The van der Waals surface area contributed by atoms with Crippen LogP contribution in [0.2, 0.25) is 0 Å². The average Bonchev–Trinajstić information content (AvgIpc) is 3.41. The SMILES string of the molecule is CC[C@@H](C)[C@@H]1C(=O)N(C)[C@@H](Cc2ccccc2)C(=O)N[C@@H]([C@@H](C)CC)C(=O)O[C@@H](C)[C@H](NC(=O)[C@@H](CCc2ccc(O)cc2)NC(=O)[C@H](CO)OC)C(=O)N[C@@H](CC2C=C[C@H](O)CC2)C(=O)N[C@H]2CC[C@@H](OC)N1C2=O. The predicted octanol–water partition coefficient (Wildman–Crippen LogP) is 1.54. The van der Waals surface area contributed by atoms with Gasteiger partial charge in [0.1, 0.15) is 60.4 Å². The molecule has 2 heterocycles. The Bertz CT molecular complexity index is 2330. The Labute approximate surface area is 445 Å². The number of amides is 7. The van der Waals surface area contributed by atoms with Crippen molar-refractivity contribution in [2.45, 2.75) is 166 Å². The zero-order chi connectivity index (χ0) is 55.8. The quantitative estimate of drug-likeness (QED) is 0.0777. The van der Waals surface area contributed by atoms with Crippen molar-refractivity contribution < 1.29 is 67.9 Å². The fourth-order valence-corrected chi connectivity index (χ4v) is 9.83. The molecule has 1 unspecified atom stereocenters. The second-order valence-electron chi connectivity index (χ2n) is 20.3. The van der Waals surface area contributed by atoms with Gasteiger partial charge >= 0.3 is 5.97 Å². The highest BCUT2D eigenvalue weighted by molar-refractivity contribution is 5.98. The van der Waals surface area contributed by atoms with Gasteiger partial charge in [0.05, 0.1) is 12.7 Å². The van der Waals surface area contributed by atoms with Crippen molar-refractivity contribution in [2.75, 3.05) is 27.9 Å². The molecule has 21 nitrogen and oxygen atoms in total. The summed E-state index contributed by atoms with van der Waals surface area (Å²) < 4.78 is 17.0. The summed E-state index contributed by atoms with van der Waals surface area (Å²) in [5.41, 5.74) is 1.36. The van der Waals surface area contributed by atoms with Crippen LogP contribution in [0, 0.1) is 17.8 Å². The number of fused-ring (bicyclic) bond motifs is 2. The van der Waals surface area contributed by atoms with Gasteiger partial charge in [0.2, 0.25) is 35.4 Å². The lowest BCUT2D eigenvalue weighted by molar-refractivity contribution is -0.171. The molecule has 0 saturated carbocycles. The predicted molar refractivity (Wildman–Crippen MR) is 278 cm³/mol. The van der Waals surface area contributed by atoms with Gasteiger partial charge in [-0.25, -0.2) is 4.79 Å². The largest absolute Gasteiger partial charge is 0.508 e. The zero-order valence-electron chi connectivity index (χ0n) is 44.9. The Kier molecular flexibility index (Phi) is 22.8. The van der Waals surface area contributed by atoms with E-state index in [0.29, 0.717) is 36.8 Å². The number of likely N-dealkylation sites (N-methyl/N-ethyl adjacent to an activating group) is 1. The number of allylic oxidation sites excluding steroid dienone is 1. The van der Waals surface area contributed by atoms with Crippen molar-refractivity contribution in [3.8, 4) is 5.75 Å². The number of carbonyl (C=O) groups is 8. The molecule has 14 atom stereocenters. The molecule has 2 saturated heterocycles. The number of hydrogen-bond acceptors (Lipinski definition) is 14. The zero-order valence-corrected chi connectivity index (χ0v) is 44.9. The number of aryl methyl sites for hydroxylation is 1. The first-order valence-electron chi connectivity index (χ1n) is 26.4. The van der Waals surface area contributed by atoms with Crippen LogP contribution in [0.5, 0.6) is 5.75 Å². The summed E-state index contributed by atoms with van der Waals surface area (Å²) >= 11 is 0. The number of ether oxygens (including phenoxy) is 3. The molecule has 2 fully saturated rings. The Morgan fingerprint density at radius 1 is 0.816 bits per heavy atom. The van der Waals surface area contributed by atoms with Crippen LogP contribution in [0.3, 0.4) is 0 Å². The first-order chi connectivity index (χ1) is 36.2. The molecule has 76 heavy (non-hydrogen) atoms. The van der Waals surface area contributed by atoms with Gasteiger partial charge in [0, 0.05) is 27.7 Å². The number of aliphatic hydroxyl groups is 2. The van der Waals surface area contributed by atoms with Crippen LogP contribution in [-0.4, -0.2) is 167 Å². The van der Waals surface area contributed by atoms with E-state index in [1.807, 2.05) is 13.8 Å². The molecule has 0 aromatic heterocycles. The lowest BCUT2D eigenvalue weighted by Gasteiger charge is -2.46. The highest BCUT2D eigenvalue weighted by Gasteiger charge is 2.48. The maximum Gasteiger partial charge on any atom is 0.329 e. The van der Waals surface area contributed by atoms with E-state index >= 15 is 9.59 Å². The van der Waals surface area contributed by atoms with Crippen molar-refractivity contribution in [2.24, 2.45) is 17.8 Å². The topological polar surface area (TPSA) is 292 Å². The third kappa shape index (κ3) is 15.8. The number of phenols is 1. The van der Waals surface area contributed by atoms with Crippen LogP contribution < -0.4 is 26.6 Å². The van der Waals surface area contributed by atoms with Gasteiger partial charge in [-0.1, -0.05) is 95.2 Å². The average molecular weight is 1060 g/mol. The Morgan fingerprint density at radius 3 is 2.11 bits per heavy atom. The summed E-state index contributed by atoms with van der Waals surface area (Å²) in [7, 11) is 4.08. The summed E-state index contributed by atoms with van der Waals surface area (Å²) in [6, 6.07) is 5.52. The van der Waals surface area contributed by atoms with Crippen LogP contribution in [0.1, 0.15) is 97.1 Å². The number of carbonyl (C=O) groups excluding carboxylic acids is 8. The molecule has 8 N–H and O–H groups in total. The molecule has 0 radical (unpaired) electrons. The summed E-state index contributed by atoms with van der Waals surface area (Å²) in [6.45, 7) is 7.80. The minimum Gasteiger partial charge on any atom is -0.508 e. The highest BCUT2D eigenvalue weighted by Crippen LogP contribution is 2.30. The first kappa shape index (κ1) is 60.4. The number of nitrogens with one attached hydrogen (secondary N) is 5. The van der Waals surface area contributed by atoms with Crippen molar-refractivity contribution in [3.05, 3.63) is 77.9 Å². The Morgan fingerprint density at radius 2 is 1.50 bits per heavy atom. The monoisotopic (exact) mass is 1060 g/mol. The summed E-state index contributed by atoms with van der Waals surface area (Å²) in [5, 5.41) is 43.8. The van der Waals surface area contributed by atoms with E-state index in [9.17, 15) is 44.1 Å². The minimum atomic E-state index is -1.78. The molecule has 2 aromatic carbocycles. The van der Waals surface area contributed by atoms with Gasteiger partial charge in [-0.2, -0.15) is 0 Å². The van der Waals surface area contributed by atoms with Gasteiger partial charge in [-0.15, -0.1) is 0 Å². The number of hydrogen-bond donors (Lipinski definition) is 8. The van der Waals surface area contributed by atoms with Crippen molar-refractivity contribution in [1.29, 1.82) is 0 Å². The van der Waals surface area contributed by atoms with E-state index < -0.39 is 133 Å². The van der Waals surface area contributed by atoms with Gasteiger partial charge in [0.15, 0.2) is 6.10 Å². The van der Waals surface area contributed by atoms with Crippen LogP contribution in [0.15, 0.2) is 66.7 Å². The molecule has 2 bridgehead atoms. The van der Waals surface area contributed by atoms with Crippen LogP contribution in [0.4, 0.5) is 0 Å².